The number of carboxylic acids is 1. The molecule has 0 radical (unpaired) electrons. The topological polar surface area (TPSA) is 78.4 Å². The summed E-state index contributed by atoms with van der Waals surface area (Å²) in [5.74, 6) is -0.462. The molecular weight excluding hydrogens is 264 g/mol. The van der Waals surface area contributed by atoms with Crippen LogP contribution >= 0.6 is 11.8 Å². The third-order valence-electron chi connectivity index (χ3n) is 3.00. The quantitative estimate of drug-likeness (QED) is 0.609. The van der Waals surface area contributed by atoms with Gasteiger partial charge in [0.05, 0.1) is 0 Å². The molecule has 0 aromatic heterocycles. The van der Waals surface area contributed by atoms with E-state index in [-0.39, 0.29) is 17.2 Å². The number of hydrogen-bond donors (Lipinski definition) is 3. The smallest absolute Gasteiger partial charge is 0.314 e. The van der Waals surface area contributed by atoms with E-state index in [4.69, 9.17) is 5.11 Å². The third-order valence-corrected chi connectivity index (χ3v) is 4.25. The summed E-state index contributed by atoms with van der Waals surface area (Å²) in [6.07, 6.45) is 3.66. The first-order chi connectivity index (χ1) is 8.76. The van der Waals surface area contributed by atoms with Crippen LogP contribution in [0.15, 0.2) is 0 Å². The molecule has 112 valence electrons. The summed E-state index contributed by atoms with van der Waals surface area (Å²) in [7, 11) is 0. The number of urea groups is 1. The molecule has 0 spiro atoms. The summed E-state index contributed by atoms with van der Waals surface area (Å²) in [5, 5.41) is 14.2. The fourth-order valence-electron chi connectivity index (χ4n) is 1.37. The SMILES string of the molecule is CSC(C)(C)CNC(=O)NCCC(C)CCC(=O)O. The van der Waals surface area contributed by atoms with E-state index in [2.05, 4.69) is 24.5 Å². The van der Waals surface area contributed by atoms with Crippen molar-refractivity contribution in [1.29, 1.82) is 0 Å². The van der Waals surface area contributed by atoms with Crippen molar-refractivity contribution in [3.63, 3.8) is 0 Å². The molecule has 0 aliphatic heterocycles. The Morgan fingerprint density at radius 1 is 1.26 bits per heavy atom. The van der Waals surface area contributed by atoms with Gasteiger partial charge in [0.1, 0.15) is 0 Å². The molecule has 2 amide bonds. The molecule has 0 fully saturated rings. The lowest BCUT2D eigenvalue weighted by atomic mass is 10.0. The van der Waals surface area contributed by atoms with Crippen molar-refractivity contribution in [3.05, 3.63) is 0 Å². The monoisotopic (exact) mass is 290 g/mol. The molecule has 0 heterocycles. The van der Waals surface area contributed by atoms with Gasteiger partial charge in [-0.3, -0.25) is 4.79 Å². The molecule has 0 saturated heterocycles. The molecule has 19 heavy (non-hydrogen) atoms. The van der Waals surface area contributed by atoms with Crippen LogP contribution < -0.4 is 10.6 Å². The van der Waals surface area contributed by atoms with E-state index in [1.165, 1.54) is 0 Å². The van der Waals surface area contributed by atoms with Gasteiger partial charge in [0.2, 0.25) is 0 Å². The number of thioether (sulfide) groups is 1. The second-order valence-electron chi connectivity index (χ2n) is 5.40. The normalized spacial score (nSPS) is 12.8. The molecule has 0 saturated carbocycles. The summed E-state index contributed by atoms with van der Waals surface area (Å²) in [6, 6.07) is -0.160. The van der Waals surface area contributed by atoms with Crippen molar-refractivity contribution in [2.24, 2.45) is 5.92 Å². The Balaban J connectivity index is 3.66. The van der Waals surface area contributed by atoms with Crippen LogP contribution in [0, 0.1) is 5.92 Å². The number of aliphatic carboxylic acids is 1. The number of hydrogen-bond acceptors (Lipinski definition) is 3. The van der Waals surface area contributed by atoms with E-state index in [1.807, 2.05) is 13.2 Å². The van der Waals surface area contributed by atoms with Crippen molar-refractivity contribution >= 4 is 23.8 Å². The van der Waals surface area contributed by atoms with E-state index in [0.29, 0.717) is 25.4 Å². The second kappa shape index (κ2) is 9.07. The van der Waals surface area contributed by atoms with Crippen LogP contribution in [0.25, 0.3) is 0 Å². The summed E-state index contributed by atoms with van der Waals surface area (Å²) < 4.78 is 0.0338. The first-order valence-corrected chi connectivity index (χ1v) is 7.78. The van der Waals surface area contributed by atoms with Crippen LogP contribution in [-0.4, -0.2) is 41.2 Å². The Morgan fingerprint density at radius 2 is 1.89 bits per heavy atom. The van der Waals surface area contributed by atoms with Gasteiger partial charge in [0.15, 0.2) is 0 Å². The van der Waals surface area contributed by atoms with Gasteiger partial charge in [-0.05, 0) is 38.9 Å². The van der Waals surface area contributed by atoms with E-state index in [0.717, 1.165) is 6.42 Å². The molecule has 0 rings (SSSR count). The Kier molecular flexibility index (Phi) is 8.63. The zero-order valence-corrected chi connectivity index (χ0v) is 13.1. The Hall–Kier alpha value is -0.910. The Bertz CT molecular complexity index is 296. The van der Waals surface area contributed by atoms with Crippen LogP contribution in [0.2, 0.25) is 0 Å². The molecule has 1 atom stereocenters. The lowest BCUT2D eigenvalue weighted by molar-refractivity contribution is -0.137. The molecule has 3 N–H and O–H groups in total. The van der Waals surface area contributed by atoms with E-state index < -0.39 is 5.97 Å². The highest BCUT2D eigenvalue weighted by Gasteiger charge is 2.16. The average molecular weight is 290 g/mol. The highest BCUT2D eigenvalue weighted by Crippen LogP contribution is 2.19. The third kappa shape index (κ3) is 10.7. The zero-order chi connectivity index (χ0) is 14.9. The number of nitrogens with one attached hydrogen (secondary N) is 2. The largest absolute Gasteiger partial charge is 0.481 e. The summed E-state index contributed by atoms with van der Waals surface area (Å²) in [5.41, 5.74) is 0. The molecule has 0 aromatic carbocycles. The lowest BCUT2D eigenvalue weighted by Gasteiger charge is -2.22. The fraction of sp³-hybridized carbons (Fsp3) is 0.846. The van der Waals surface area contributed by atoms with Crippen LogP contribution in [0.3, 0.4) is 0 Å². The lowest BCUT2D eigenvalue weighted by Crippen LogP contribution is -2.42. The molecule has 6 heteroatoms. The minimum absolute atomic E-state index is 0.0338. The van der Waals surface area contributed by atoms with Gasteiger partial charge in [0, 0.05) is 24.3 Å². The van der Waals surface area contributed by atoms with Crippen molar-refractivity contribution < 1.29 is 14.7 Å². The molecular formula is C13H26N2O3S. The molecule has 0 aromatic rings. The predicted molar refractivity (Wildman–Crippen MR) is 79.6 cm³/mol. The van der Waals surface area contributed by atoms with Crippen LogP contribution in [0.5, 0.6) is 0 Å². The van der Waals surface area contributed by atoms with Crippen LogP contribution in [0.1, 0.15) is 40.0 Å². The van der Waals surface area contributed by atoms with Gasteiger partial charge in [-0.25, -0.2) is 4.79 Å². The van der Waals surface area contributed by atoms with E-state index >= 15 is 0 Å². The van der Waals surface area contributed by atoms with Crippen molar-refractivity contribution in [2.45, 2.75) is 44.8 Å². The van der Waals surface area contributed by atoms with Crippen LogP contribution in [-0.2, 0) is 4.79 Å². The van der Waals surface area contributed by atoms with E-state index in [9.17, 15) is 9.59 Å². The second-order valence-corrected chi connectivity index (χ2v) is 6.91. The van der Waals surface area contributed by atoms with Crippen molar-refractivity contribution in [3.8, 4) is 0 Å². The molecule has 0 bridgehead atoms. The van der Waals surface area contributed by atoms with Crippen LogP contribution in [0.4, 0.5) is 4.79 Å². The van der Waals surface area contributed by atoms with E-state index in [1.54, 1.807) is 11.8 Å². The predicted octanol–water partition coefficient (Wildman–Crippen LogP) is 2.32. The standard InChI is InChI=1S/C13H26N2O3S/c1-10(5-6-11(16)17)7-8-14-12(18)15-9-13(2,3)19-4/h10H,5-9H2,1-4H3,(H,16,17)(H2,14,15,18). The fourth-order valence-corrected chi connectivity index (χ4v) is 1.59. The zero-order valence-electron chi connectivity index (χ0n) is 12.3. The van der Waals surface area contributed by atoms with Gasteiger partial charge in [-0.2, -0.15) is 11.8 Å². The minimum atomic E-state index is -0.767. The summed E-state index contributed by atoms with van der Waals surface area (Å²) in [4.78, 5) is 21.9. The molecule has 1 unspecified atom stereocenters. The summed E-state index contributed by atoms with van der Waals surface area (Å²) in [6.45, 7) is 7.35. The Labute approximate surface area is 119 Å². The summed E-state index contributed by atoms with van der Waals surface area (Å²) >= 11 is 1.71. The maximum Gasteiger partial charge on any atom is 0.314 e. The Morgan fingerprint density at radius 3 is 2.42 bits per heavy atom. The average Bonchev–Trinajstić information content (AvgIpc) is 2.34. The molecule has 0 aliphatic carbocycles. The van der Waals surface area contributed by atoms with Gasteiger partial charge in [-0.15, -0.1) is 0 Å². The number of rotatable bonds is 9. The number of carbonyl (C=O) groups is 2. The maximum atomic E-state index is 11.5. The van der Waals surface area contributed by atoms with Crippen molar-refractivity contribution in [2.75, 3.05) is 19.3 Å². The molecule has 0 aliphatic rings. The maximum absolute atomic E-state index is 11.5. The van der Waals surface area contributed by atoms with Crippen molar-refractivity contribution in [1.82, 2.24) is 10.6 Å². The highest BCUT2D eigenvalue weighted by atomic mass is 32.2. The van der Waals surface area contributed by atoms with Gasteiger partial charge < -0.3 is 15.7 Å². The molecule has 5 nitrogen and oxygen atoms in total. The first-order valence-electron chi connectivity index (χ1n) is 6.55. The van der Waals surface area contributed by atoms with Gasteiger partial charge in [-0.1, -0.05) is 6.92 Å². The number of carboxylic acid groups (broad SMARTS) is 1. The number of amides is 2. The van der Waals surface area contributed by atoms with Gasteiger partial charge in [0.25, 0.3) is 0 Å². The number of carbonyl (C=O) groups excluding carboxylic acids is 1. The minimum Gasteiger partial charge on any atom is -0.481 e. The van der Waals surface area contributed by atoms with Gasteiger partial charge >= 0.3 is 12.0 Å². The highest BCUT2D eigenvalue weighted by molar-refractivity contribution is 7.99. The first kappa shape index (κ1) is 18.1.